The number of nitrogens with one attached hydrogen (secondary N) is 1. The normalized spacial score (nSPS) is 10.3. The second kappa shape index (κ2) is 4.83. The first kappa shape index (κ1) is 12.0. The molecule has 0 radical (unpaired) electrons. The third-order valence-corrected chi connectivity index (χ3v) is 2.69. The lowest BCUT2D eigenvalue weighted by Gasteiger charge is -2.10. The number of hydrogen-bond donors (Lipinski definition) is 3. The molecule has 0 amide bonds. The molecule has 0 bridgehead atoms. The van der Waals surface area contributed by atoms with Crippen LogP contribution in [-0.4, -0.2) is 11.1 Å². The van der Waals surface area contributed by atoms with Crippen LogP contribution in [0.15, 0.2) is 35.1 Å². The summed E-state index contributed by atoms with van der Waals surface area (Å²) in [7, 11) is 0. The average Bonchev–Trinajstić information content (AvgIpc) is 2.83. The number of carboxylic acid groups (broad SMARTS) is 1. The number of hydrogen-bond acceptors (Lipinski definition) is 4. The fourth-order valence-corrected chi connectivity index (χ4v) is 1.67. The lowest BCUT2D eigenvalue weighted by Crippen LogP contribution is -2.07. The van der Waals surface area contributed by atoms with Gasteiger partial charge in [0.25, 0.3) is 0 Å². The molecule has 0 aliphatic carbocycles. The van der Waals surface area contributed by atoms with Crippen LogP contribution < -0.4 is 11.1 Å². The second-order valence-corrected chi connectivity index (χ2v) is 4.04. The monoisotopic (exact) mass is 246 g/mol. The van der Waals surface area contributed by atoms with Crippen molar-refractivity contribution in [2.45, 2.75) is 13.5 Å². The van der Waals surface area contributed by atoms with E-state index in [2.05, 4.69) is 5.32 Å². The average molecular weight is 246 g/mol. The van der Waals surface area contributed by atoms with Crippen molar-refractivity contribution < 1.29 is 14.3 Å². The predicted molar refractivity (Wildman–Crippen MR) is 68.6 cm³/mol. The number of rotatable bonds is 4. The maximum absolute atomic E-state index is 11.0. The van der Waals surface area contributed by atoms with Crippen LogP contribution in [0.1, 0.15) is 21.5 Å². The van der Waals surface area contributed by atoms with Gasteiger partial charge in [0.05, 0.1) is 18.1 Å². The third-order valence-electron chi connectivity index (χ3n) is 2.69. The third kappa shape index (κ3) is 2.45. The second-order valence-electron chi connectivity index (χ2n) is 4.04. The lowest BCUT2D eigenvalue weighted by atomic mass is 10.1. The van der Waals surface area contributed by atoms with E-state index in [1.807, 2.05) is 12.1 Å². The first-order chi connectivity index (χ1) is 8.58. The molecule has 1 aromatic carbocycles. The minimum absolute atomic E-state index is 0.115. The number of aromatic carboxylic acids is 1. The molecule has 0 aliphatic heterocycles. The SMILES string of the molecule is Cc1cc(NCc2ccoc2)cc(C(=O)O)c1N. The van der Waals surface area contributed by atoms with Crippen LogP contribution in [-0.2, 0) is 6.54 Å². The topological polar surface area (TPSA) is 88.5 Å². The first-order valence-electron chi connectivity index (χ1n) is 5.46. The van der Waals surface area contributed by atoms with Crippen molar-refractivity contribution in [2.75, 3.05) is 11.1 Å². The zero-order valence-corrected chi connectivity index (χ0v) is 9.93. The van der Waals surface area contributed by atoms with Crippen molar-refractivity contribution >= 4 is 17.3 Å². The van der Waals surface area contributed by atoms with Crippen LogP contribution in [0, 0.1) is 6.92 Å². The number of furan rings is 1. The van der Waals surface area contributed by atoms with Crippen molar-refractivity contribution in [1.82, 2.24) is 0 Å². The van der Waals surface area contributed by atoms with Crippen LogP contribution in [0.3, 0.4) is 0 Å². The van der Waals surface area contributed by atoms with Gasteiger partial charge in [-0.15, -0.1) is 0 Å². The van der Waals surface area contributed by atoms with Crippen LogP contribution in [0.2, 0.25) is 0 Å². The molecule has 4 N–H and O–H groups in total. The van der Waals surface area contributed by atoms with Gasteiger partial charge in [0.1, 0.15) is 0 Å². The molecule has 0 spiro atoms. The largest absolute Gasteiger partial charge is 0.478 e. The number of nitrogens with two attached hydrogens (primary N) is 1. The van der Waals surface area contributed by atoms with Gasteiger partial charge in [-0.3, -0.25) is 0 Å². The van der Waals surface area contributed by atoms with Crippen molar-refractivity contribution in [3.8, 4) is 0 Å². The number of aryl methyl sites for hydroxylation is 1. The maximum Gasteiger partial charge on any atom is 0.337 e. The van der Waals surface area contributed by atoms with Crippen LogP contribution in [0.4, 0.5) is 11.4 Å². The van der Waals surface area contributed by atoms with Gasteiger partial charge in [-0.1, -0.05) is 0 Å². The summed E-state index contributed by atoms with van der Waals surface area (Å²) < 4.78 is 4.95. The molecule has 1 aromatic heterocycles. The minimum atomic E-state index is -1.03. The van der Waals surface area contributed by atoms with Gasteiger partial charge in [0.15, 0.2) is 0 Å². The Morgan fingerprint density at radius 1 is 1.50 bits per heavy atom. The smallest absolute Gasteiger partial charge is 0.337 e. The summed E-state index contributed by atoms with van der Waals surface area (Å²) in [5.74, 6) is -1.03. The molecular weight excluding hydrogens is 232 g/mol. The van der Waals surface area contributed by atoms with Gasteiger partial charge in [-0.05, 0) is 30.7 Å². The summed E-state index contributed by atoms with van der Waals surface area (Å²) in [6, 6.07) is 5.20. The first-order valence-corrected chi connectivity index (χ1v) is 5.46. The van der Waals surface area contributed by atoms with Crippen LogP contribution in [0.25, 0.3) is 0 Å². The van der Waals surface area contributed by atoms with Crippen LogP contribution in [0.5, 0.6) is 0 Å². The molecule has 0 fully saturated rings. The fraction of sp³-hybridized carbons (Fsp3) is 0.154. The molecule has 0 unspecified atom stereocenters. The van der Waals surface area contributed by atoms with Gasteiger partial charge in [-0.25, -0.2) is 4.79 Å². The Kier molecular flexibility index (Phi) is 3.23. The van der Waals surface area contributed by atoms with E-state index in [-0.39, 0.29) is 5.56 Å². The Morgan fingerprint density at radius 3 is 2.89 bits per heavy atom. The molecule has 18 heavy (non-hydrogen) atoms. The van der Waals surface area contributed by atoms with Crippen LogP contribution >= 0.6 is 0 Å². The molecule has 0 aliphatic rings. The van der Waals surface area contributed by atoms with E-state index in [1.165, 1.54) is 6.07 Å². The Bertz CT molecular complexity index is 562. The molecular formula is C13H14N2O3. The van der Waals surface area contributed by atoms with Crippen molar-refractivity contribution in [3.05, 3.63) is 47.4 Å². The summed E-state index contributed by atoms with van der Waals surface area (Å²) in [4.78, 5) is 11.0. The van der Waals surface area contributed by atoms with Crippen molar-refractivity contribution in [3.63, 3.8) is 0 Å². The van der Waals surface area contributed by atoms with Gasteiger partial charge >= 0.3 is 5.97 Å². The predicted octanol–water partition coefficient (Wildman–Crippen LogP) is 2.48. The lowest BCUT2D eigenvalue weighted by molar-refractivity contribution is 0.0698. The highest BCUT2D eigenvalue weighted by molar-refractivity contribution is 5.95. The summed E-state index contributed by atoms with van der Waals surface area (Å²) >= 11 is 0. The van der Waals surface area contributed by atoms with E-state index in [0.29, 0.717) is 12.2 Å². The molecule has 0 atom stereocenters. The Labute approximate surface area is 104 Å². The zero-order chi connectivity index (χ0) is 13.1. The zero-order valence-electron chi connectivity index (χ0n) is 9.93. The minimum Gasteiger partial charge on any atom is -0.478 e. The summed E-state index contributed by atoms with van der Waals surface area (Å²) in [6.07, 6.45) is 3.23. The highest BCUT2D eigenvalue weighted by atomic mass is 16.4. The summed E-state index contributed by atoms with van der Waals surface area (Å²) in [5.41, 5.74) is 8.59. The molecule has 1 heterocycles. The molecule has 5 nitrogen and oxygen atoms in total. The number of benzene rings is 1. The molecule has 94 valence electrons. The highest BCUT2D eigenvalue weighted by Gasteiger charge is 2.11. The van der Waals surface area contributed by atoms with E-state index >= 15 is 0 Å². The summed E-state index contributed by atoms with van der Waals surface area (Å²) in [6.45, 7) is 2.35. The van der Waals surface area contributed by atoms with Gasteiger partial charge in [0.2, 0.25) is 0 Å². The standard InChI is InChI=1S/C13H14N2O3/c1-8-4-10(5-11(12(8)14)13(16)17)15-6-9-2-3-18-7-9/h2-5,7,15H,6,14H2,1H3,(H,16,17). The van der Waals surface area contributed by atoms with E-state index in [4.69, 9.17) is 15.3 Å². The van der Waals surface area contributed by atoms with E-state index < -0.39 is 5.97 Å². The number of anilines is 2. The number of carbonyl (C=O) groups is 1. The molecule has 2 aromatic rings. The van der Waals surface area contributed by atoms with Gasteiger partial charge < -0.3 is 20.6 Å². The quantitative estimate of drug-likeness (QED) is 0.721. The Balaban J connectivity index is 2.21. The molecule has 0 saturated heterocycles. The molecule has 0 saturated carbocycles. The highest BCUT2D eigenvalue weighted by Crippen LogP contribution is 2.23. The van der Waals surface area contributed by atoms with Crippen molar-refractivity contribution in [1.29, 1.82) is 0 Å². The van der Waals surface area contributed by atoms with Gasteiger partial charge in [0, 0.05) is 23.5 Å². The van der Waals surface area contributed by atoms with E-state index in [0.717, 1.165) is 16.8 Å². The Hall–Kier alpha value is -2.43. The Morgan fingerprint density at radius 2 is 2.28 bits per heavy atom. The fourth-order valence-electron chi connectivity index (χ4n) is 1.67. The number of nitrogen functional groups attached to an aromatic ring is 1. The number of carboxylic acids is 1. The van der Waals surface area contributed by atoms with Gasteiger partial charge in [-0.2, -0.15) is 0 Å². The van der Waals surface area contributed by atoms with E-state index in [1.54, 1.807) is 19.5 Å². The van der Waals surface area contributed by atoms with E-state index in [9.17, 15) is 4.79 Å². The molecule has 2 rings (SSSR count). The maximum atomic E-state index is 11.0. The summed E-state index contributed by atoms with van der Waals surface area (Å²) in [5, 5.41) is 12.2. The van der Waals surface area contributed by atoms with Crippen molar-refractivity contribution in [2.24, 2.45) is 0 Å². The molecule has 5 heteroatoms.